The van der Waals surface area contributed by atoms with Gasteiger partial charge in [0, 0.05) is 45.3 Å². The summed E-state index contributed by atoms with van der Waals surface area (Å²) in [5.74, 6) is 2.74. The number of piperazine rings is 1. The monoisotopic (exact) mass is 353 g/mol. The minimum absolute atomic E-state index is 0.164. The Morgan fingerprint density at radius 2 is 1.75 bits per heavy atom. The Hall–Kier alpha value is -1.41. The lowest BCUT2D eigenvalue weighted by Gasteiger charge is -2.35. The Bertz CT molecular complexity index is 658. The molecule has 0 saturated carbocycles. The standard InChI is InChI=1S/C16H27N5O2S/c1-3-24(22,23)21-9-7-19(8-10-21)15-11-16(18-13-17-15)20-6-4-5-14(2)12-20/h11,13-14H,3-10,12H2,1-2H3. The van der Waals surface area contributed by atoms with E-state index in [0.29, 0.717) is 32.1 Å². The van der Waals surface area contributed by atoms with Crippen molar-refractivity contribution in [1.82, 2.24) is 14.3 Å². The van der Waals surface area contributed by atoms with Gasteiger partial charge in [-0.25, -0.2) is 18.4 Å². The second-order valence-electron chi connectivity index (χ2n) is 6.71. The molecule has 134 valence electrons. The van der Waals surface area contributed by atoms with E-state index in [1.807, 2.05) is 6.07 Å². The van der Waals surface area contributed by atoms with Crippen LogP contribution < -0.4 is 9.80 Å². The summed E-state index contributed by atoms with van der Waals surface area (Å²) in [5.41, 5.74) is 0. The van der Waals surface area contributed by atoms with E-state index in [0.717, 1.165) is 24.7 Å². The quantitative estimate of drug-likeness (QED) is 0.810. The van der Waals surface area contributed by atoms with E-state index in [1.54, 1.807) is 17.6 Å². The van der Waals surface area contributed by atoms with Crippen LogP contribution in [-0.4, -0.2) is 67.7 Å². The highest BCUT2D eigenvalue weighted by Gasteiger charge is 2.26. The van der Waals surface area contributed by atoms with Crippen LogP contribution in [0, 0.1) is 5.92 Å². The molecule has 0 amide bonds. The molecule has 2 fully saturated rings. The number of rotatable bonds is 4. The Labute approximate surface area is 144 Å². The number of anilines is 2. The van der Waals surface area contributed by atoms with Crippen LogP contribution >= 0.6 is 0 Å². The molecule has 1 unspecified atom stereocenters. The first-order valence-corrected chi connectivity index (χ1v) is 10.4. The van der Waals surface area contributed by atoms with Crippen molar-refractivity contribution in [2.24, 2.45) is 5.92 Å². The molecule has 0 spiro atoms. The Morgan fingerprint density at radius 3 is 2.38 bits per heavy atom. The molecule has 0 aromatic carbocycles. The van der Waals surface area contributed by atoms with Crippen molar-refractivity contribution in [2.75, 3.05) is 54.8 Å². The summed E-state index contributed by atoms with van der Waals surface area (Å²) in [6.45, 7) is 8.45. The van der Waals surface area contributed by atoms with Crippen LogP contribution in [-0.2, 0) is 10.0 Å². The molecule has 24 heavy (non-hydrogen) atoms. The van der Waals surface area contributed by atoms with Crippen LogP contribution in [0.15, 0.2) is 12.4 Å². The molecule has 7 nitrogen and oxygen atoms in total. The topological polar surface area (TPSA) is 69.6 Å². The number of piperidine rings is 1. The first-order valence-electron chi connectivity index (χ1n) is 8.79. The zero-order chi connectivity index (χ0) is 17.2. The van der Waals surface area contributed by atoms with Crippen LogP contribution in [0.3, 0.4) is 0 Å². The van der Waals surface area contributed by atoms with Gasteiger partial charge in [-0.15, -0.1) is 0 Å². The first kappa shape index (κ1) is 17.4. The van der Waals surface area contributed by atoms with Gasteiger partial charge >= 0.3 is 0 Å². The average Bonchev–Trinajstić information content (AvgIpc) is 2.62. The predicted octanol–water partition coefficient (Wildman–Crippen LogP) is 1.18. The molecule has 1 atom stereocenters. The lowest BCUT2D eigenvalue weighted by Crippen LogP contribution is -2.49. The number of sulfonamides is 1. The minimum Gasteiger partial charge on any atom is -0.356 e. The van der Waals surface area contributed by atoms with Crippen molar-refractivity contribution in [2.45, 2.75) is 26.7 Å². The number of aromatic nitrogens is 2. The fraction of sp³-hybridized carbons (Fsp3) is 0.750. The lowest BCUT2D eigenvalue weighted by molar-refractivity contribution is 0.384. The van der Waals surface area contributed by atoms with Gasteiger partial charge in [0.05, 0.1) is 5.75 Å². The smallest absolute Gasteiger partial charge is 0.213 e. The van der Waals surface area contributed by atoms with Gasteiger partial charge in [0.2, 0.25) is 10.0 Å². The highest BCUT2D eigenvalue weighted by Crippen LogP contribution is 2.24. The van der Waals surface area contributed by atoms with Crippen LogP contribution in [0.4, 0.5) is 11.6 Å². The summed E-state index contributed by atoms with van der Waals surface area (Å²) in [5, 5.41) is 0. The minimum atomic E-state index is -3.09. The molecule has 8 heteroatoms. The molecule has 0 bridgehead atoms. The summed E-state index contributed by atoms with van der Waals surface area (Å²) in [6.07, 6.45) is 4.11. The Morgan fingerprint density at radius 1 is 1.08 bits per heavy atom. The van der Waals surface area contributed by atoms with Crippen molar-refractivity contribution in [1.29, 1.82) is 0 Å². The van der Waals surface area contributed by atoms with E-state index >= 15 is 0 Å². The predicted molar refractivity (Wildman–Crippen MR) is 95.9 cm³/mol. The van der Waals surface area contributed by atoms with Gasteiger partial charge in [0.1, 0.15) is 18.0 Å². The van der Waals surface area contributed by atoms with E-state index in [2.05, 4.69) is 26.7 Å². The zero-order valence-corrected chi connectivity index (χ0v) is 15.4. The van der Waals surface area contributed by atoms with Gasteiger partial charge in [-0.05, 0) is 25.7 Å². The Kier molecular flexibility index (Phi) is 5.24. The lowest BCUT2D eigenvalue weighted by atomic mass is 10.0. The Balaban J connectivity index is 1.67. The molecule has 2 aliphatic heterocycles. The second kappa shape index (κ2) is 7.23. The third kappa shape index (κ3) is 3.80. The van der Waals surface area contributed by atoms with E-state index < -0.39 is 10.0 Å². The summed E-state index contributed by atoms with van der Waals surface area (Å²) >= 11 is 0. The maximum Gasteiger partial charge on any atom is 0.213 e. The van der Waals surface area contributed by atoms with Crippen molar-refractivity contribution < 1.29 is 8.42 Å². The van der Waals surface area contributed by atoms with Gasteiger partial charge in [0.25, 0.3) is 0 Å². The average molecular weight is 353 g/mol. The molecule has 0 N–H and O–H groups in total. The van der Waals surface area contributed by atoms with Gasteiger partial charge in [0.15, 0.2) is 0 Å². The van der Waals surface area contributed by atoms with Crippen molar-refractivity contribution in [3.63, 3.8) is 0 Å². The number of hydrogen-bond acceptors (Lipinski definition) is 6. The zero-order valence-electron chi connectivity index (χ0n) is 14.6. The van der Waals surface area contributed by atoms with Crippen molar-refractivity contribution >= 4 is 21.7 Å². The van der Waals surface area contributed by atoms with Crippen molar-refractivity contribution in [3.8, 4) is 0 Å². The molecule has 1 aromatic heterocycles. The SMILES string of the molecule is CCS(=O)(=O)N1CCN(c2cc(N3CCCC(C)C3)ncn2)CC1. The summed E-state index contributed by atoms with van der Waals surface area (Å²) in [7, 11) is -3.09. The van der Waals surface area contributed by atoms with Gasteiger partial charge in [-0.2, -0.15) is 4.31 Å². The summed E-state index contributed by atoms with van der Waals surface area (Å²) in [4.78, 5) is 13.3. The maximum atomic E-state index is 12.0. The first-order chi connectivity index (χ1) is 11.5. The van der Waals surface area contributed by atoms with Crippen LogP contribution in [0.2, 0.25) is 0 Å². The van der Waals surface area contributed by atoms with Gasteiger partial charge < -0.3 is 9.80 Å². The maximum absolute atomic E-state index is 12.0. The molecule has 0 aliphatic carbocycles. The summed E-state index contributed by atoms with van der Waals surface area (Å²) in [6, 6.07) is 2.04. The highest BCUT2D eigenvalue weighted by molar-refractivity contribution is 7.89. The van der Waals surface area contributed by atoms with Gasteiger partial charge in [-0.3, -0.25) is 0 Å². The molecular weight excluding hydrogens is 326 g/mol. The molecular formula is C16H27N5O2S. The van der Waals surface area contributed by atoms with E-state index in [4.69, 9.17) is 0 Å². The third-order valence-corrected chi connectivity index (χ3v) is 6.82. The fourth-order valence-corrected chi connectivity index (χ4v) is 4.54. The van der Waals surface area contributed by atoms with Crippen LogP contribution in [0.25, 0.3) is 0 Å². The normalized spacial score (nSPS) is 23.5. The number of hydrogen-bond donors (Lipinski definition) is 0. The largest absolute Gasteiger partial charge is 0.356 e. The van der Waals surface area contributed by atoms with E-state index in [9.17, 15) is 8.42 Å². The molecule has 0 radical (unpaired) electrons. The third-order valence-electron chi connectivity index (χ3n) is 4.94. The van der Waals surface area contributed by atoms with Crippen LogP contribution in [0.5, 0.6) is 0 Å². The fourth-order valence-electron chi connectivity index (χ4n) is 3.46. The molecule has 1 aromatic rings. The molecule has 3 heterocycles. The molecule has 2 saturated heterocycles. The van der Waals surface area contributed by atoms with Crippen LogP contribution in [0.1, 0.15) is 26.7 Å². The van der Waals surface area contributed by atoms with E-state index in [-0.39, 0.29) is 5.75 Å². The van der Waals surface area contributed by atoms with Gasteiger partial charge in [-0.1, -0.05) is 6.92 Å². The van der Waals surface area contributed by atoms with Crippen molar-refractivity contribution in [3.05, 3.63) is 12.4 Å². The second-order valence-corrected chi connectivity index (χ2v) is 8.97. The molecule has 2 aliphatic rings. The highest BCUT2D eigenvalue weighted by atomic mass is 32.2. The molecule has 3 rings (SSSR count). The summed E-state index contributed by atoms with van der Waals surface area (Å²) < 4.78 is 25.5. The number of nitrogens with zero attached hydrogens (tertiary/aromatic N) is 5. The van der Waals surface area contributed by atoms with E-state index in [1.165, 1.54) is 12.8 Å².